The molecule has 200 valence electrons. The van der Waals surface area contributed by atoms with Gasteiger partial charge in [-0.2, -0.15) is 0 Å². The molecule has 0 amide bonds. The van der Waals surface area contributed by atoms with Gasteiger partial charge < -0.3 is 40.1 Å². The summed E-state index contributed by atoms with van der Waals surface area (Å²) in [6, 6.07) is 0. The Bertz CT molecular complexity index is 862. The Morgan fingerprint density at radius 3 is 2.29 bits per heavy atom. The number of hydrogen-bond acceptors (Lipinski definition) is 8. The van der Waals surface area contributed by atoms with Crippen molar-refractivity contribution < 1.29 is 44.9 Å². The molecule has 6 N–H and O–H groups in total. The van der Waals surface area contributed by atoms with Gasteiger partial charge in [0, 0.05) is 0 Å². The first-order valence-electron chi connectivity index (χ1n) is 13.2. The maximum absolute atomic E-state index is 12.3. The summed E-state index contributed by atoms with van der Waals surface area (Å²) in [6.07, 6.45) is -0.332. The van der Waals surface area contributed by atoms with E-state index in [9.17, 15) is 35.4 Å². The summed E-state index contributed by atoms with van der Waals surface area (Å²) in [4.78, 5) is 12.3. The monoisotopic (exact) mass is 498 g/mol. The average molecular weight is 499 g/mol. The molecule has 0 radical (unpaired) electrons. The van der Waals surface area contributed by atoms with E-state index in [-0.39, 0.29) is 22.7 Å². The van der Waals surface area contributed by atoms with Crippen molar-refractivity contribution in [1.29, 1.82) is 0 Å². The van der Waals surface area contributed by atoms with E-state index < -0.39 is 59.9 Å². The minimum absolute atomic E-state index is 0.0845. The summed E-state index contributed by atoms with van der Waals surface area (Å²) in [7, 11) is 0. The maximum atomic E-state index is 12.3. The first-order valence-corrected chi connectivity index (χ1v) is 13.2. The maximum Gasteiger partial charge on any atom is 0.309 e. The van der Waals surface area contributed by atoms with E-state index in [1.54, 1.807) is 6.92 Å². The van der Waals surface area contributed by atoms with Crippen molar-refractivity contribution in [2.24, 2.45) is 28.1 Å². The third-order valence-electron chi connectivity index (χ3n) is 11.3. The topological polar surface area (TPSA) is 157 Å². The summed E-state index contributed by atoms with van der Waals surface area (Å²) in [5.74, 6) is -0.367. The Morgan fingerprint density at radius 1 is 0.943 bits per heavy atom. The number of aliphatic hydroxyl groups is 5. The van der Waals surface area contributed by atoms with Crippen molar-refractivity contribution in [3.05, 3.63) is 0 Å². The number of carbonyl (C=O) groups is 1. The SMILES string of the molecule is C[C@@]12CCC[C@@](C)(C(=O)O)[C@H]1CC[C@@]13C[C@@](O[C@@H]4O[C@H](CO)[C@@H](O)[C@H](O)[C@H]4O)(CC[C@H]12)[C@](C)(O)C3. The third-order valence-corrected chi connectivity index (χ3v) is 11.3. The Labute approximate surface area is 206 Å². The van der Waals surface area contributed by atoms with Crippen LogP contribution in [0.15, 0.2) is 0 Å². The summed E-state index contributed by atoms with van der Waals surface area (Å²) in [5, 5.41) is 62.5. The standard InChI is InChI=1S/C26H42O9/c1-22-7-4-8-23(2,21(31)32)15(22)5-9-25-12-24(3,33)26(13-25,10-6-16(22)25)35-20-19(30)18(29)17(28)14(11-27)34-20/h14-20,27-30,33H,4-13H2,1-3H3,(H,31,32)/t14-,15+,16+,17-,18+,19-,20+,22-,23-,24-,25-,26+/m1/s1. The lowest BCUT2D eigenvalue weighted by Gasteiger charge is -2.64. The minimum atomic E-state index is -1.54. The van der Waals surface area contributed by atoms with E-state index in [4.69, 9.17) is 9.47 Å². The van der Waals surface area contributed by atoms with Gasteiger partial charge in [0.05, 0.1) is 17.6 Å². The number of rotatable bonds is 4. The van der Waals surface area contributed by atoms with Crippen LogP contribution in [0.1, 0.15) is 78.6 Å². The van der Waals surface area contributed by atoms with Gasteiger partial charge in [0.25, 0.3) is 0 Å². The van der Waals surface area contributed by atoms with Crippen LogP contribution in [0.5, 0.6) is 0 Å². The zero-order chi connectivity index (χ0) is 25.6. The Hall–Kier alpha value is -0.810. The smallest absolute Gasteiger partial charge is 0.309 e. The second kappa shape index (κ2) is 8.09. The summed E-state index contributed by atoms with van der Waals surface area (Å²) < 4.78 is 12.0. The Balaban J connectivity index is 1.44. The highest BCUT2D eigenvalue weighted by molar-refractivity contribution is 5.75. The fourth-order valence-electron chi connectivity index (χ4n) is 9.62. The van der Waals surface area contributed by atoms with Gasteiger partial charge in [0.2, 0.25) is 0 Å². The lowest BCUT2D eigenvalue weighted by Crippen LogP contribution is -2.63. The second-order valence-corrected chi connectivity index (χ2v) is 13.1. The van der Waals surface area contributed by atoms with Crippen molar-refractivity contribution in [2.45, 2.75) is 120 Å². The van der Waals surface area contributed by atoms with Crippen LogP contribution in [0, 0.1) is 28.1 Å². The number of fused-ring (bicyclic) bond motifs is 3. The van der Waals surface area contributed by atoms with Gasteiger partial charge in [0.15, 0.2) is 6.29 Å². The molecule has 5 fully saturated rings. The molecule has 9 nitrogen and oxygen atoms in total. The number of hydrogen-bond donors (Lipinski definition) is 6. The minimum Gasteiger partial charge on any atom is -0.481 e. The van der Waals surface area contributed by atoms with Gasteiger partial charge in [0.1, 0.15) is 30.0 Å². The number of ether oxygens (including phenoxy) is 2. The van der Waals surface area contributed by atoms with Crippen LogP contribution >= 0.6 is 0 Å². The van der Waals surface area contributed by atoms with Gasteiger partial charge in [-0.3, -0.25) is 4.79 Å². The molecule has 1 spiro atoms. The van der Waals surface area contributed by atoms with Crippen molar-refractivity contribution in [1.82, 2.24) is 0 Å². The molecule has 4 saturated carbocycles. The summed E-state index contributed by atoms with van der Waals surface area (Å²) >= 11 is 0. The molecule has 0 aromatic carbocycles. The first-order chi connectivity index (χ1) is 16.3. The lowest BCUT2D eigenvalue weighted by molar-refractivity contribution is -0.346. The predicted molar refractivity (Wildman–Crippen MR) is 123 cm³/mol. The quantitative estimate of drug-likeness (QED) is 0.313. The number of aliphatic hydroxyl groups excluding tert-OH is 4. The van der Waals surface area contributed by atoms with Gasteiger partial charge in [-0.15, -0.1) is 0 Å². The van der Waals surface area contributed by atoms with Gasteiger partial charge in [-0.1, -0.05) is 13.3 Å². The van der Waals surface area contributed by atoms with Crippen LogP contribution in [0.2, 0.25) is 0 Å². The Morgan fingerprint density at radius 2 is 1.63 bits per heavy atom. The van der Waals surface area contributed by atoms with E-state index in [2.05, 4.69) is 6.92 Å². The molecule has 1 heterocycles. The molecule has 0 aromatic heterocycles. The van der Waals surface area contributed by atoms with E-state index >= 15 is 0 Å². The molecule has 1 aliphatic heterocycles. The molecule has 4 aliphatic carbocycles. The number of aliphatic carboxylic acids is 1. The lowest BCUT2D eigenvalue weighted by atomic mass is 9.41. The average Bonchev–Trinajstić information content (AvgIpc) is 2.94. The molecule has 5 aliphatic rings. The van der Waals surface area contributed by atoms with Gasteiger partial charge in [-0.05, 0) is 87.9 Å². The van der Waals surface area contributed by atoms with Crippen LogP contribution in [0.3, 0.4) is 0 Å². The fraction of sp³-hybridized carbons (Fsp3) is 0.962. The van der Waals surface area contributed by atoms with E-state index in [0.717, 1.165) is 32.1 Å². The Kier molecular flexibility index (Phi) is 5.97. The van der Waals surface area contributed by atoms with Crippen LogP contribution < -0.4 is 0 Å². The molecule has 2 bridgehead atoms. The molecule has 0 unspecified atom stereocenters. The van der Waals surface area contributed by atoms with Crippen LogP contribution in [-0.2, 0) is 14.3 Å². The van der Waals surface area contributed by atoms with Crippen LogP contribution in [0.25, 0.3) is 0 Å². The molecular weight excluding hydrogens is 456 g/mol. The van der Waals surface area contributed by atoms with Crippen molar-refractivity contribution in [3.63, 3.8) is 0 Å². The van der Waals surface area contributed by atoms with E-state index in [0.29, 0.717) is 25.7 Å². The molecule has 1 saturated heterocycles. The van der Waals surface area contributed by atoms with Crippen molar-refractivity contribution in [3.8, 4) is 0 Å². The van der Waals surface area contributed by atoms with Gasteiger partial charge in [-0.25, -0.2) is 0 Å². The largest absolute Gasteiger partial charge is 0.481 e. The second-order valence-electron chi connectivity index (χ2n) is 13.1. The van der Waals surface area contributed by atoms with E-state index in [1.807, 2.05) is 6.92 Å². The third kappa shape index (κ3) is 3.42. The molecule has 0 aromatic rings. The highest BCUT2D eigenvalue weighted by Crippen LogP contribution is 2.74. The molecule has 9 heteroatoms. The molecular formula is C26H42O9. The van der Waals surface area contributed by atoms with E-state index in [1.165, 1.54) is 0 Å². The van der Waals surface area contributed by atoms with Crippen LogP contribution in [-0.4, -0.2) is 85.1 Å². The van der Waals surface area contributed by atoms with Gasteiger partial charge >= 0.3 is 5.97 Å². The predicted octanol–water partition coefficient (Wildman–Crippen LogP) is 1.17. The zero-order valence-electron chi connectivity index (χ0n) is 21.0. The summed E-state index contributed by atoms with van der Waals surface area (Å²) in [5.41, 5.74) is -3.31. The summed E-state index contributed by atoms with van der Waals surface area (Å²) in [6.45, 7) is 5.41. The molecule has 35 heavy (non-hydrogen) atoms. The zero-order valence-corrected chi connectivity index (χ0v) is 21.0. The number of carboxylic acids is 1. The van der Waals surface area contributed by atoms with Crippen LogP contribution in [0.4, 0.5) is 0 Å². The first kappa shape index (κ1) is 25.8. The molecule has 12 atom stereocenters. The highest BCUT2D eigenvalue weighted by atomic mass is 16.7. The number of carboxylic acid groups (broad SMARTS) is 1. The fourth-order valence-corrected chi connectivity index (χ4v) is 9.62. The normalized spacial score (nSPS) is 57.9. The molecule has 5 rings (SSSR count). The van der Waals surface area contributed by atoms with Crippen molar-refractivity contribution in [2.75, 3.05) is 6.61 Å². The highest BCUT2D eigenvalue weighted by Gasteiger charge is 2.73. The van der Waals surface area contributed by atoms with Crippen molar-refractivity contribution >= 4 is 5.97 Å².